The van der Waals surface area contributed by atoms with Crippen LogP contribution in [0.5, 0.6) is 0 Å². The molecule has 2 aromatic heterocycles. The van der Waals surface area contributed by atoms with Gasteiger partial charge < -0.3 is 5.32 Å². The lowest BCUT2D eigenvalue weighted by atomic mass is 10.1. The molecule has 0 saturated carbocycles. The molecular weight excluding hydrogens is 256 g/mol. The normalized spacial score (nSPS) is 12.8. The summed E-state index contributed by atoms with van der Waals surface area (Å²) in [6.45, 7) is 8.34. The number of nitrogens with zero attached hydrogens (tertiary/aromatic N) is 3. The molecule has 5 heteroatoms. The number of hydrogen-bond acceptors (Lipinski definition) is 4. The maximum atomic E-state index is 4.61. The van der Waals surface area contributed by atoms with Gasteiger partial charge in [-0.2, -0.15) is 5.10 Å². The Hall–Kier alpha value is -1.20. The third kappa shape index (κ3) is 3.64. The van der Waals surface area contributed by atoms with Gasteiger partial charge in [0.25, 0.3) is 0 Å². The van der Waals surface area contributed by atoms with Crippen LogP contribution in [0.4, 0.5) is 0 Å². The van der Waals surface area contributed by atoms with Crippen LogP contribution >= 0.6 is 11.3 Å². The molecular formula is C14H22N4S. The Bertz CT molecular complexity index is 503. The first-order chi connectivity index (χ1) is 9.24. The molecule has 0 aromatic carbocycles. The summed E-state index contributed by atoms with van der Waals surface area (Å²) in [5.41, 5.74) is 2.29. The Balaban J connectivity index is 2.20. The van der Waals surface area contributed by atoms with Crippen LogP contribution in [0.15, 0.2) is 17.8 Å². The van der Waals surface area contributed by atoms with Gasteiger partial charge in [-0.25, -0.2) is 4.98 Å². The second-order valence-corrected chi connectivity index (χ2v) is 5.64. The van der Waals surface area contributed by atoms with Crippen molar-refractivity contribution in [2.45, 2.75) is 46.2 Å². The van der Waals surface area contributed by atoms with Crippen molar-refractivity contribution in [2.75, 3.05) is 6.54 Å². The topological polar surface area (TPSA) is 42.7 Å². The molecule has 1 N–H and O–H groups in total. The van der Waals surface area contributed by atoms with Crippen molar-refractivity contribution in [3.05, 3.63) is 34.0 Å². The average Bonchev–Trinajstić information content (AvgIpc) is 3.01. The van der Waals surface area contributed by atoms with Gasteiger partial charge in [-0.1, -0.05) is 13.8 Å². The Labute approximate surface area is 118 Å². The molecule has 0 fully saturated rings. The molecule has 2 rings (SSSR count). The summed E-state index contributed by atoms with van der Waals surface area (Å²) in [4.78, 5) is 4.61. The first-order valence-corrected chi connectivity index (χ1v) is 7.80. The van der Waals surface area contributed by atoms with E-state index in [1.807, 2.05) is 17.8 Å². The first kappa shape index (κ1) is 14.2. The van der Waals surface area contributed by atoms with Crippen molar-refractivity contribution in [3.63, 3.8) is 0 Å². The molecule has 104 valence electrons. The summed E-state index contributed by atoms with van der Waals surface area (Å²) in [5, 5.41) is 11.2. The van der Waals surface area contributed by atoms with Gasteiger partial charge in [0, 0.05) is 29.4 Å². The zero-order chi connectivity index (χ0) is 13.7. The fourth-order valence-corrected chi connectivity index (χ4v) is 2.92. The van der Waals surface area contributed by atoms with E-state index in [2.05, 4.69) is 40.8 Å². The van der Waals surface area contributed by atoms with Crippen LogP contribution < -0.4 is 5.32 Å². The molecule has 0 bridgehead atoms. The summed E-state index contributed by atoms with van der Waals surface area (Å²) >= 11 is 1.71. The summed E-state index contributed by atoms with van der Waals surface area (Å²) in [7, 11) is 0. The van der Waals surface area contributed by atoms with Gasteiger partial charge in [-0.05, 0) is 26.3 Å². The summed E-state index contributed by atoms with van der Waals surface area (Å²) < 4.78 is 2.01. The van der Waals surface area contributed by atoms with Crippen LogP contribution in [-0.2, 0) is 6.54 Å². The van der Waals surface area contributed by atoms with E-state index in [-0.39, 0.29) is 6.04 Å². The number of hydrogen-bond donors (Lipinski definition) is 1. The van der Waals surface area contributed by atoms with E-state index in [4.69, 9.17) is 0 Å². The van der Waals surface area contributed by atoms with E-state index in [1.165, 1.54) is 5.56 Å². The molecule has 0 aliphatic heterocycles. The third-order valence-corrected chi connectivity index (χ3v) is 3.95. The van der Waals surface area contributed by atoms with E-state index >= 15 is 0 Å². The molecule has 0 amide bonds. The number of thiazole rings is 1. The van der Waals surface area contributed by atoms with Gasteiger partial charge in [0.15, 0.2) is 0 Å². The zero-order valence-electron chi connectivity index (χ0n) is 11.9. The molecule has 2 heterocycles. The quantitative estimate of drug-likeness (QED) is 0.846. The predicted molar refractivity (Wildman–Crippen MR) is 79.5 cm³/mol. The highest BCUT2D eigenvalue weighted by atomic mass is 32.1. The van der Waals surface area contributed by atoms with Gasteiger partial charge in [0.1, 0.15) is 5.01 Å². The zero-order valence-corrected chi connectivity index (χ0v) is 12.7. The van der Waals surface area contributed by atoms with Crippen LogP contribution in [-0.4, -0.2) is 21.3 Å². The van der Waals surface area contributed by atoms with Crippen molar-refractivity contribution in [3.8, 4) is 0 Å². The second kappa shape index (κ2) is 6.82. The van der Waals surface area contributed by atoms with Crippen LogP contribution in [0.2, 0.25) is 0 Å². The van der Waals surface area contributed by atoms with Gasteiger partial charge in [0.05, 0.1) is 12.2 Å². The van der Waals surface area contributed by atoms with Gasteiger partial charge >= 0.3 is 0 Å². The number of nitrogens with one attached hydrogen (secondary N) is 1. The molecule has 19 heavy (non-hydrogen) atoms. The van der Waals surface area contributed by atoms with Gasteiger partial charge in [-0.3, -0.25) is 4.68 Å². The molecule has 0 spiro atoms. The molecule has 4 nitrogen and oxygen atoms in total. The minimum Gasteiger partial charge on any atom is -0.304 e. The highest BCUT2D eigenvalue weighted by Crippen LogP contribution is 2.24. The number of rotatable bonds is 7. The largest absolute Gasteiger partial charge is 0.304 e. The lowest BCUT2D eigenvalue weighted by molar-refractivity contribution is 0.586. The lowest BCUT2D eigenvalue weighted by Gasteiger charge is -2.14. The molecule has 0 aliphatic rings. The average molecular weight is 278 g/mol. The maximum Gasteiger partial charge on any atom is 0.114 e. The molecule has 0 aliphatic carbocycles. The summed E-state index contributed by atoms with van der Waals surface area (Å²) in [6.07, 6.45) is 6.31. The van der Waals surface area contributed by atoms with Crippen molar-refractivity contribution in [1.82, 2.24) is 20.1 Å². The third-order valence-electron chi connectivity index (χ3n) is 2.92. The van der Waals surface area contributed by atoms with Crippen LogP contribution in [0, 0.1) is 6.92 Å². The summed E-state index contributed by atoms with van der Waals surface area (Å²) in [6, 6.07) is 0.171. The second-order valence-electron chi connectivity index (χ2n) is 4.75. The summed E-state index contributed by atoms with van der Waals surface area (Å²) in [5.74, 6) is 0. The van der Waals surface area contributed by atoms with Crippen LogP contribution in [0.3, 0.4) is 0 Å². The smallest absolute Gasteiger partial charge is 0.114 e. The molecule has 1 unspecified atom stereocenters. The van der Waals surface area contributed by atoms with Crippen molar-refractivity contribution >= 4 is 11.3 Å². The van der Waals surface area contributed by atoms with Crippen molar-refractivity contribution in [2.24, 2.45) is 0 Å². The van der Waals surface area contributed by atoms with Crippen LogP contribution in [0.25, 0.3) is 0 Å². The van der Waals surface area contributed by atoms with E-state index in [1.54, 1.807) is 11.3 Å². The van der Waals surface area contributed by atoms with Crippen molar-refractivity contribution < 1.29 is 0 Å². The van der Waals surface area contributed by atoms with Crippen molar-refractivity contribution in [1.29, 1.82) is 0 Å². The first-order valence-electron chi connectivity index (χ1n) is 6.92. The lowest BCUT2D eigenvalue weighted by Crippen LogP contribution is -2.22. The van der Waals surface area contributed by atoms with E-state index < -0.39 is 0 Å². The molecule has 0 radical (unpaired) electrons. The van der Waals surface area contributed by atoms with Gasteiger partial charge in [-0.15, -0.1) is 11.3 Å². The number of aryl methyl sites for hydroxylation is 2. The minimum absolute atomic E-state index is 0.171. The highest BCUT2D eigenvalue weighted by Gasteiger charge is 2.18. The van der Waals surface area contributed by atoms with Crippen LogP contribution in [0.1, 0.15) is 49.0 Å². The predicted octanol–water partition coefficient (Wildman–Crippen LogP) is 3.15. The Kier molecular flexibility index (Phi) is 5.10. The minimum atomic E-state index is 0.171. The standard InChI is InChI=1S/C14H22N4S/c1-4-6-15-13(14-17-11(3)10-19-14)12-8-16-18(9-12)7-5-2/h8-10,13,15H,4-7H2,1-3H3. The Morgan fingerprint density at radius 3 is 2.84 bits per heavy atom. The Morgan fingerprint density at radius 1 is 1.37 bits per heavy atom. The molecule has 0 saturated heterocycles. The monoisotopic (exact) mass is 278 g/mol. The highest BCUT2D eigenvalue weighted by molar-refractivity contribution is 7.09. The van der Waals surface area contributed by atoms with E-state index in [0.29, 0.717) is 0 Å². The SMILES string of the molecule is CCCNC(c1cnn(CCC)c1)c1nc(C)cs1. The fourth-order valence-electron chi connectivity index (χ4n) is 2.02. The maximum absolute atomic E-state index is 4.61. The van der Waals surface area contributed by atoms with E-state index in [0.717, 1.165) is 36.6 Å². The van der Waals surface area contributed by atoms with E-state index in [9.17, 15) is 0 Å². The van der Waals surface area contributed by atoms with Gasteiger partial charge in [0.2, 0.25) is 0 Å². The fraction of sp³-hybridized carbons (Fsp3) is 0.571. The number of aromatic nitrogens is 3. The Morgan fingerprint density at radius 2 is 2.21 bits per heavy atom. The molecule has 1 atom stereocenters. The molecule has 2 aromatic rings.